The molecule has 2 atom stereocenters. The van der Waals surface area contributed by atoms with Gasteiger partial charge in [-0.3, -0.25) is 4.79 Å². The second-order valence-electron chi connectivity index (χ2n) is 5.11. The average Bonchev–Trinajstić information content (AvgIpc) is 2.53. The van der Waals surface area contributed by atoms with Crippen molar-refractivity contribution in [3.63, 3.8) is 0 Å². The molecule has 2 aromatic rings. The fourth-order valence-electron chi connectivity index (χ4n) is 2.06. The summed E-state index contributed by atoms with van der Waals surface area (Å²) in [5.41, 5.74) is 1.19. The molecule has 0 aliphatic rings. The van der Waals surface area contributed by atoms with Crippen molar-refractivity contribution in [1.82, 2.24) is 0 Å². The molecule has 21 heavy (non-hydrogen) atoms. The first kappa shape index (κ1) is 15.8. The summed E-state index contributed by atoms with van der Waals surface area (Å²) in [4.78, 5) is 13.1. The zero-order chi connectivity index (χ0) is 15.1. The van der Waals surface area contributed by atoms with Gasteiger partial charge in [0.25, 0.3) is 0 Å². The highest BCUT2D eigenvalue weighted by Gasteiger charge is 2.22. The fraction of sp³-hybridized carbons (Fsp3) is 0.278. The van der Waals surface area contributed by atoms with Crippen molar-refractivity contribution in [3.8, 4) is 0 Å². The topological polar surface area (TPSA) is 37.3 Å². The van der Waals surface area contributed by atoms with E-state index in [1.165, 1.54) is 17.3 Å². The van der Waals surface area contributed by atoms with Gasteiger partial charge in [0, 0.05) is 4.90 Å². The summed E-state index contributed by atoms with van der Waals surface area (Å²) in [7, 11) is 0. The first-order chi connectivity index (χ1) is 10.2. The Morgan fingerprint density at radius 3 is 2.24 bits per heavy atom. The lowest BCUT2D eigenvalue weighted by Gasteiger charge is -2.17. The fourth-order valence-corrected chi connectivity index (χ4v) is 2.93. The molecule has 0 radical (unpaired) electrons. The van der Waals surface area contributed by atoms with E-state index < -0.39 is 6.10 Å². The third-order valence-corrected chi connectivity index (χ3v) is 4.56. The number of aliphatic hydroxyl groups is 1. The summed E-state index contributed by atoms with van der Waals surface area (Å²) in [5, 5.41) is 10.2. The molecule has 0 spiro atoms. The van der Waals surface area contributed by atoms with Gasteiger partial charge < -0.3 is 5.11 Å². The zero-order valence-corrected chi connectivity index (χ0v) is 12.9. The molecule has 0 unspecified atom stereocenters. The highest BCUT2D eigenvalue weighted by Crippen LogP contribution is 2.24. The van der Waals surface area contributed by atoms with Gasteiger partial charge in [0.2, 0.25) is 0 Å². The molecule has 0 saturated carbocycles. The predicted octanol–water partition coefficient (Wildman–Crippen LogP) is 3.94. The van der Waals surface area contributed by atoms with Crippen LogP contribution in [0.5, 0.6) is 0 Å². The number of carbonyl (C=O) groups is 1. The molecule has 0 bridgehead atoms. The van der Waals surface area contributed by atoms with E-state index in [2.05, 4.69) is 0 Å². The average molecular weight is 300 g/mol. The van der Waals surface area contributed by atoms with Crippen LogP contribution in [-0.4, -0.2) is 16.3 Å². The van der Waals surface area contributed by atoms with Gasteiger partial charge in [-0.2, -0.15) is 0 Å². The highest BCUT2D eigenvalue weighted by atomic mass is 32.2. The number of aliphatic hydroxyl groups excluding tert-OH is 1. The molecule has 2 rings (SSSR count). The number of rotatable bonds is 6. The second-order valence-corrected chi connectivity index (χ2v) is 6.19. The van der Waals surface area contributed by atoms with Gasteiger partial charge in [-0.25, -0.2) is 0 Å². The summed E-state index contributed by atoms with van der Waals surface area (Å²) in [5.74, 6) is -0.362. The smallest absolute Gasteiger partial charge is 0.199 e. The van der Waals surface area contributed by atoms with Crippen LogP contribution in [0.2, 0.25) is 0 Å². The first-order valence-electron chi connectivity index (χ1n) is 7.15. The van der Waals surface area contributed by atoms with Crippen molar-refractivity contribution >= 4 is 16.9 Å². The SMILES string of the molecule is C[C@H](C(=O)Sc1ccccc1)[C@H](O)CCc1ccccc1. The first-order valence-corrected chi connectivity index (χ1v) is 7.97. The third kappa shape index (κ3) is 5.03. The molecule has 0 aliphatic heterocycles. The van der Waals surface area contributed by atoms with Crippen molar-refractivity contribution < 1.29 is 9.90 Å². The van der Waals surface area contributed by atoms with E-state index in [1.54, 1.807) is 6.92 Å². The van der Waals surface area contributed by atoms with Crippen molar-refractivity contribution in [2.45, 2.75) is 30.8 Å². The number of thioether (sulfide) groups is 1. The summed E-state index contributed by atoms with van der Waals surface area (Å²) in [6.45, 7) is 1.80. The van der Waals surface area contributed by atoms with E-state index in [1.807, 2.05) is 60.7 Å². The van der Waals surface area contributed by atoms with Crippen LogP contribution >= 0.6 is 11.8 Å². The van der Waals surface area contributed by atoms with Gasteiger partial charge in [0.05, 0.1) is 12.0 Å². The van der Waals surface area contributed by atoms with E-state index in [9.17, 15) is 9.90 Å². The highest BCUT2D eigenvalue weighted by molar-refractivity contribution is 8.13. The molecule has 0 amide bonds. The second kappa shape index (κ2) is 8.01. The summed E-state index contributed by atoms with van der Waals surface area (Å²) < 4.78 is 0. The number of hydrogen-bond donors (Lipinski definition) is 1. The molecule has 0 aromatic heterocycles. The maximum atomic E-state index is 12.2. The molecule has 0 heterocycles. The Hall–Kier alpha value is -1.58. The van der Waals surface area contributed by atoms with E-state index in [4.69, 9.17) is 0 Å². The van der Waals surface area contributed by atoms with Gasteiger partial charge in [0.1, 0.15) is 0 Å². The van der Waals surface area contributed by atoms with Crippen LogP contribution in [-0.2, 0) is 11.2 Å². The Balaban J connectivity index is 1.84. The number of hydrogen-bond acceptors (Lipinski definition) is 3. The number of benzene rings is 2. The van der Waals surface area contributed by atoms with E-state index in [0.29, 0.717) is 6.42 Å². The Labute approximate surface area is 130 Å². The van der Waals surface area contributed by atoms with E-state index >= 15 is 0 Å². The van der Waals surface area contributed by atoms with E-state index in [-0.39, 0.29) is 11.0 Å². The molecule has 1 N–H and O–H groups in total. The van der Waals surface area contributed by atoms with E-state index in [0.717, 1.165) is 11.3 Å². The molecule has 2 aromatic carbocycles. The largest absolute Gasteiger partial charge is 0.392 e. The van der Waals surface area contributed by atoms with Crippen molar-refractivity contribution in [2.24, 2.45) is 5.92 Å². The normalized spacial score (nSPS) is 13.6. The van der Waals surface area contributed by atoms with Crippen molar-refractivity contribution in [1.29, 1.82) is 0 Å². The van der Waals surface area contributed by atoms with Gasteiger partial charge in [-0.1, -0.05) is 67.2 Å². The number of carbonyl (C=O) groups excluding carboxylic acids is 1. The van der Waals surface area contributed by atoms with Crippen LogP contribution in [0, 0.1) is 5.92 Å². The Kier molecular flexibility index (Phi) is 6.03. The van der Waals surface area contributed by atoms with Crippen LogP contribution in [0.4, 0.5) is 0 Å². The van der Waals surface area contributed by atoms with Crippen LogP contribution in [0.15, 0.2) is 65.6 Å². The van der Waals surface area contributed by atoms with Crippen LogP contribution in [0.3, 0.4) is 0 Å². The van der Waals surface area contributed by atoms with Gasteiger partial charge >= 0.3 is 0 Å². The molecular weight excluding hydrogens is 280 g/mol. The van der Waals surface area contributed by atoms with Gasteiger partial charge in [-0.15, -0.1) is 0 Å². The minimum atomic E-state index is -0.603. The minimum Gasteiger partial charge on any atom is -0.392 e. The van der Waals surface area contributed by atoms with Crippen molar-refractivity contribution in [2.75, 3.05) is 0 Å². The molecule has 2 nitrogen and oxygen atoms in total. The lowest BCUT2D eigenvalue weighted by molar-refractivity contribution is -0.117. The summed E-state index contributed by atoms with van der Waals surface area (Å²) >= 11 is 1.20. The van der Waals surface area contributed by atoms with Crippen LogP contribution in [0.25, 0.3) is 0 Å². The maximum absolute atomic E-state index is 12.2. The standard InChI is InChI=1S/C18H20O2S/c1-14(18(20)21-16-10-6-3-7-11-16)17(19)13-12-15-8-4-2-5-9-15/h2-11,14,17,19H,12-13H2,1H3/t14-,17+/m0/s1. The minimum absolute atomic E-state index is 0.0155. The lowest BCUT2D eigenvalue weighted by atomic mass is 9.99. The lowest BCUT2D eigenvalue weighted by Crippen LogP contribution is -2.24. The molecule has 0 saturated heterocycles. The number of aryl methyl sites for hydroxylation is 1. The Bertz CT molecular complexity index is 554. The third-order valence-electron chi connectivity index (χ3n) is 3.48. The van der Waals surface area contributed by atoms with Crippen LogP contribution < -0.4 is 0 Å². The zero-order valence-electron chi connectivity index (χ0n) is 12.1. The molecule has 3 heteroatoms. The molecule has 0 aliphatic carbocycles. The summed E-state index contributed by atoms with van der Waals surface area (Å²) in [6.07, 6.45) is 0.788. The predicted molar refractivity (Wildman–Crippen MR) is 87.2 cm³/mol. The molecule has 0 fully saturated rings. The molecular formula is C18H20O2S. The monoisotopic (exact) mass is 300 g/mol. The van der Waals surface area contributed by atoms with Crippen molar-refractivity contribution in [3.05, 3.63) is 66.2 Å². The molecule has 110 valence electrons. The van der Waals surface area contributed by atoms with Gasteiger partial charge in [0.15, 0.2) is 5.12 Å². The quantitative estimate of drug-likeness (QED) is 0.821. The Morgan fingerprint density at radius 2 is 1.62 bits per heavy atom. The summed E-state index contributed by atoms with van der Waals surface area (Å²) in [6, 6.07) is 19.6. The van der Waals surface area contributed by atoms with Gasteiger partial charge in [-0.05, 0) is 30.5 Å². The van der Waals surface area contributed by atoms with Crippen LogP contribution in [0.1, 0.15) is 18.9 Å². The maximum Gasteiger partial charge on any atom is 0.199 e. The Morgan fingerprint density at radius 1 is 1.05 bits per heavy atom.